The zero-order valence-electron chi connectivity index (χ0n) is 10.7. The van der Waals surface area contributed by atoms with Crippen LogP contribution < -0.4 is 5.32 Å². The van der Waals surface area contributed by atoms with Crippen LogP contribution in [0.4, 0.5) is 0 Å². The summed E-state index contributed by atoms with van der Waals surface area (Å²) in [5, 5.41) is 3.63. The highest BCUT2D eigenvalue weighted by Crippen LogP contribution is 2.31. The molecule has 0 unspecified atom stereocenters. The lowest BCUT2D eigenvalue weighted by atomic mass is 9.81. The van der Waals surface area contributed by atoms with E-state index in [-0.39, 0.29) is 17.2 Å². The first kappa shape index (κ1) is 12.3. The van der Waals surface area contributed by atoms with Crippen molar-refractivity contribution in [1.29, 1.82) is 0 Å². The molecular weight excluding hydrogens is 206 g/mol. The van der Waals surface area contributed by atoms with Crippen molar-refractivity contribution in [1.82, 2.24) is 5.32 Å². The number of rotatable bonds is 2. The Morgan fingerprint density at radius 1 is 1.00 bits per heavy atom. The molecule has 2 rings (SSSR count). The van der Waals surface area contributed by atoms with Crippen molar-refractivity contribution in [2.45, 2.75) is 64.2 Å². The topological polar surface area (TPSA) is 39.7 Å². The largest absolute Gasteiger partial charge is 0.328 e. The van der Waals surface area contributed by atoms with Crippen LogP contribution in [0.2, 0.25) is 0 Å². The second-order valence-electron chi connectivity index (χ2n) is 6.09. The summed E-state index contributed by atoms with van der Waals surface area (Å²) in [6, 6.07) is 0. The first-order valence-electron chi connectivity index (χ1n) is 6.04. The maximum absolute atomic E-state index is 5.84. The highest BCUT2D eigenvalue weighted by Gasteiger charge is 2.39. The Bertz CT molecular complexity index is 231. The van der Waals surface area contributed by atoms with Crippen LogP contribution in [0.1, 0.15) is 40.5 Å². The van der Waals surface area contributed by atoms with E-state index >= 15 is 0 Å². The van der Waals surface area contributed by atoms with E-state index in [4.69, 9.17) is 14.2 Å². The third-order valence-electron chi connectivity index (χ3n) is 3.05. The van der Waals surface area contributed by atoms with Crippen molar-refractivity contribution in [2.75, 3.05) is 13.2 Å². The minimum absolute atomic E-state index is 0.102. The maximum atomic E-state index is 5.84. The molecule has 0 amide bonds. The summed E-state index contributed by atoms with van der Waals surface area (Å²) >= 11 is 0. The number of ether oxygens (including phenoxy) is 3. The quantitative estimate of drug-likeness (QED) is 0.781. The SMILES string of the molecule is CC1(C)CC(OC2OCCO2)CC(C)(C)N1. The molecular formula is C12H23NO3. The molecule has 0 aromatic rings. The third-order valence-corrected chi connectivity index (χ3v) is 3.05. The van der Waals surface area contributed by atoms with Gasteiger partial charge in [-0.15, -0.1) is 0 Å². The van der Waals surface area contributed by atoms with Crippen LogP contribution in [0, 0.1) is 0 Å². The Balaban J connectivity index is 1.93. The molecule has 4 nitrogen and oxygen atoms in total. The summed E-state index contributed by atoms with van der Waals surface area (Å²) < 4.78 is 16.5. The van der Waals surface area contributed by atoms with Crippen LogP contribution in [0.5, 0.6) is 0 Å². The van der Waals surface area contributed by atoms with Gasteiger partial charge in [-0.25, -0.2) is 0 Å². The predicted octanol–water partition coefficient (Wildman–Crippen LogP) is 1.64. The van der Waals surface area contributed by atoms with E-state index in [9.17, 15) is 0 Å². The van der Waals surface area contributed by atoms with Gasteiger partial charge in [-0.05, 0) is 40.5 Å². The van der Waals surface area contributed by atoms with Crippen molar-refractivity contribution >= 4 is 0 Å². The zero-order valence-corrected chi connectivity index (χ0v) is 10.7. The fraction of sp³-hybridized carbons (Fsp3) is 1.00. The molecule has 4 heteroatoms. The van der Waals surface area contributed by atoms with E-state index in [1.54, 1.807) is 0 Å². The van der Waals surface area contributed by atoms with Gasteiger partial charge >= 0.3 is 0 Å². The van der Waals surface area contributed by atoms with E-state index < -0.39 is 6.48 Å². The molecule has 2 fully saturated rings. The van der Waals surface area contributed by atoms with E-state index in [0.29, 0.717) is 13.2 Å². The molecule has 94 valence electrons. The molecule has 0 radical (unpaired) electrons. The van der Waals surface area contributed by atoms with Crippen LogP contribution in [0.15, 0.2) is 0 Å². The predicted molar refractivity (Wildman–Crippen MR) is 61.1 cm³/mol. The molecule has 2 saturated heterocycles. The number of piperidine rings is 1. The molecule has 1 N–H and O–H groups in total. The fourth-order valence-corrected chi connectivity index (χ4v) is 2.90. The summed E-state index contributed by atoms with van der Waals surface area (Å²) in [5.74, 6) is 0. The normalized spacial score (nSPS) is 30.8. The van der Waals surface area contributed by atoms with E-state index in [0.717, 1.165) is 12.8 Å². The van der Waals surface area contributed by atoms with Crippen molar-refractivity contribution in [3.63, 3.8) is 0 Å². The molecule has 2 heterocycles. The molecule has 0 aromatic heterocycles. The second kappa shape index (κ2) is 4.26. The summed E-state index contributed by atoms with van der Waals surface area (Å²) in [7, 11) is 0. The van der Waals surface area contributed by atoms with Crippen molar-refractivity contribution in [3.05, 3.63) is 0 Å². The van der Waals surface area contributed by atoms with Crippen LogP contribution in [-0.4, -0.2) is 36.9 Å². The van der Waals surface area contributed by atoms with Crippen molar-refractivity contribution in [2.24, 2.45) is 0 Å². The summed E-state index contributed by atoms with van der Waals surface area (Å²) in [6.07, 6.45) is 2.17. The zero-order chi connectivity index (χ0) is 11.8. The fourth-order valence-electron chi connectivity index (χ4n) is 2.90. The van der Waals surface area contributed by atoms with Crippen LogP contribution in [-0.2, 0) is 14.2 Å². The van der Waals surface area contributed by atoms with Crippen LogP contribution in [0.3, 0.4) is 0 Å². The molecule has 2 aliphatic rings. The van der Waals surface area contributed by atoms with Crippen molar-refractivity contribution < 1.29 is 14.2 Å². The highest BCUT2D eigenvalue weighted by atomic mass is 16.9. The molecule has 0 bridgehead atoms. The van der Waals surface area contributed by atoms with Gasteiger partial charge in [0, 0.05) is 11.1 Å². The third kappa shape index (κ3) is 3.17. The molecule has 0 atom stereocenters. The Morgan fingerprint density at radius 3 is 2.00 bits per heavy atom. The standard InChI is InChI=1S/C12H23NO3/c1-11(2)7-9(8-12(3,4)13-11)16-10-14-5-6-15-10/h9-10,13H,5-8H2,1-4H3. The van der Waals surface area contributed by atoms with Gasteiger partial charge in [0.15, 0.2) is 0 Å². The van der Waals surface area contributed by atoms with Gasteiger partial charge in [0.05, 0.1) is 19.3 Å². The lowest BCUT2D eigenvalue weighted by molar-refractivity contribution is -0.260. The Morgan fingerprint density at radius 2 is 1.50 bits per heavy atom. The van der Waals surface area contributed by atoms with Gasteiger partial charge in [0.1, 0.15) is 0 Å². The Hall–Kier alpha value is -0.160. The molecule has 16 heavy (non-hydrogen) atoms. The van der Waals surface area contributed by atoms with E-state index in [2.05, 4.69) is 33.0 Å². The summed E-state index contributed by atoms with van der Waals surface area (Å²) in [5.41, 5.74) is 0.204. The van der Waals surface area contributed by atoms with Crippen LogP contribution in [0.25, 0.3) is 0 Å². The molecule has 2 aliphatic heterocycles. The lowest BCUT2D eigenvalue weighted by Crippen LogP contribution is -2.59. The summed E-state index contributed by atoms with van der Waals surface area (Å²) in [6.45, 7) is 9.67. The second-order valence-corrected chi connectivity index (χ2v) is 6.09. The Labute approximate surface area is 97.6 Å². The molecule has 0 aromatic carbocycles. The van der Waals surface area contributed by atoms with Gasteiger partial charge in [-0.1, -0.05) is 0 Å². The molecule has 0 saturated carbocycles. The first-order chi connectivity index (χ1) is 7.36. The minimum Gasteiger partial charge on any atom is -0.328 e. The lowest BCUT2D eigenvalue weighted by Gasteiger charge is -2.46. The van der Waals surface area contributed by atoms with E-state index in [1.807, 2.05) is 0 Å². The monoisotopic (exact) mass is 229 g/mol. The van der Waals surface area contributed by atoms with Gasteiger partial charge in [0.2, 0.25) is 0 Å². The average molecular weight is 229 g/mol. The van der Waals surface area contributed by atoms with Gasteiger partial charge in [-0.3, -0.25) is 0 Å². The van der Waals surface area contributed by atoms with Gasteiger partial charge in [0.25, 0.3) is 6.48 Å². The number of nitrogens with one attached hydrogen (secondary N) is 1. The average Bonchev–Trinajstić information content (AvgIpc) is 2.49. The van der Waals surface area contributed by atoms with Gasteiger partial charge < -0.3 is 19.5 Å². The van der Waals surface area contributed by atoms with Crippen molar-refractivity contribution in [3.8, 4) is 0 Å². The molecule has 0 spiro atoms. The maximum Gasteiger partial charge on any atom is 0.272 e. The number of hydrogen-bond donors (Lipinski definition) is 1. The number of hydrogen-bond acceptors (Lipinski definition) is 4. The van der Waals surface area contributed by atoms with E-state index in [1.165, 1.54) is 0 Å². The first-order valence-corrected chi connectivity index (χ1v) is 6.04. The molecule has 0 aliphatic carbocycles. The minimum atomic E-state index is -0.449. The smallest absolute Gasteiger partial charge is 0.272 e. The Kier molecular flexibility index (Phi) is 3.27. The van der Waals surface area contributed by atoms with Crippen LogP contribution >= 0.6 is 0 Å². The highest BCUT2D eigenvalue weighted by molar-refractivity contribution is 4.97. The summed E-state index contributed by atoms with van der Waals surface area (Å²) in [4.78, 5) is 0. The van der Waals surface area contributed by atoms with Gasteiger partial charge in [-0.2, -0.15) is 0 Å².